The second-order valence-electron chi connectivity index (χ2n) is 5.48. The number of rotatable bonds is 4. The van der Waals surface area contributed by atoms with Crippen molar-refractivity contribution in [2.45, 2.75) is 45.1 Å². The number of carbonyl (C=O) groups is 1. The predicted octanol–water partition coefficient (Wildman–Crippen LogP) is 1.40. The molecular weight excluding hydrogens is 228 g/mol. The molecule has 0 aliphatic carbocycles. The summed E-state index contributed by atoms with van der Waals surface area (Å²) >= 11 is 0. The van der Waals surface area contributed by atoms with E-state index in [1.54, 1.807) is 0 Å². The van der Waals surface area contributed by atoms with Gasteiger partial charge in [-0.1, -0.05) is 6.92 Å². The topological polar surface area (TPSA) is 41.6 Å². The Morgan fingerprint density at radius 3 is 3.11 bits per heavy atom. The van der Waals surface area contributed by atoms with Gasteiger partial charge in [0.15, 0.2) is 0 Å². The summed E-state index contributed by atoms with van der Waals surface area (Å²) in [5.74, 6) is 1.03. The molecule has 2 saturated heterocycles. The average Bonchev–Trinajstić information content (AvgIpc) is 2.45. The molecule has 0 bridgehead atoms. The van der Waals surface area contributed by atoms with Crippen LogP contribution in [0.15, 0.2) is 0 Å². The van der Waals surface area contributed by atoms with E-state index in [0.29, 0.717) is 37.5 Å². The van der Waals surface area contributed by atoms with E-state index in [4.69, 9.17) is 4.74 Å². The van der Waals surface area contributed by atoms with Gasteiger partial charge in [-0.15, -0.1) is 0 Å². The molecule has 2 aliphatic rings. The van der Waals surface area contributed by atoms with Crippen molar-refractivity contribution in [1.29, 1.82) is 0 Å². The molecule has 0 aromatic carbocycles. The second kappa shape index (κ2) is 7.10. The van der Waals surface area contributed by atoms with Crippen LogP contribution in [0.5, 0.6) is 0 Å². The molecule has 2 atom stereocenters. The van der Waals surface area contributed by atoms with Crippen LogP contribution in [-0.4, -0.2) is 49.7 Å². The molecular formula is C14H26N2O2. The molecule has 2 rings (SSSR count). The van der Waals surface area contributed by atoms with Gasteiger partial charge in [-0.2, -0.15) is 0 Å². The maximum absolute atomic E-state index is 12.3. The zero-order valence-electron chi connectivity index (χ0n) is 11.5. The molecule has 104 valence electrons. The van der Waals surface area contributed by atoms with Gasteiger partial charge in [-0.25, -0.2) is 0 Å². The number of nitrogens with zero attached hydrogens (tertiary/aromatic N) is 1. The lowest BCUT2D eigenvalue weighted by atomic mass is 9.94. The van der Waals surface area contributed by atoms with Crippen LogP contribution >= 0.6 is 0 Å². The molecule has 2 fully saturated rings. The third-order valence-corrected chi connectivity index (χ3v) is 4.18. The Bertz CT molecular complexity index is 265. The minimum atomic E-state index is 0.302. The molecule has 0 spiro atoms. The third kappa shape index (κ3) is 3.69. The summed E-state index contributed by atoms with van der Waals surface area (Å²) in [4.78, 5) is 14.3. The van der Waals surface area contributed by atoms with Gasteiger partial charge in [0.2, 0.25) is 5.91 Å². The van der Waals surface area contributed by atoms with Crippen LogP contribution in [0.1, 0.15) is 39.0 Å². The first-order valence-electron chi connectivity index (χ1n) is 7.39. The van der Waals surface area contributed by atoms with E-state index in [9.17, 15) is 4.79 Å². The van der Waals surface area contributed by atoms with Crippen molar-refractivity contribution in [3.63, 3.8) is 0 Å². The fourth-order valence-electron chi connectivity index (χ4n) is 2.96. The number of nitrogens with one attached hydrogen (secondary N) is 1. The summed E-state index contributed by atoms with van der Waals surface area (Å²) in [7, 11) is 0. The summed E-state index contributed by atoms with van der Waals surface area (Å²) in [5, 5.41) is 3.41. The van der Waals surface area contributed by atoms with Crippen LogP contribution in [0.2, 0.25) is 0 Å². The minimum Gasteiger partial charge on any atom is -0.377 e. The maximum atomic E-state index is 12.3. The normalized spacial score (nSPS) is 29.3. The van der Waals surface area contributed by atoms with Gasteiger partial charge < -0.3 is 15.0 Å². The second-order valence-corrected chi connectivity index (χ2v) is 5.48. The Kier molecular flexibility index (Phi) is 5.45. The zero-order valence-corrected chi connectivity index (χ0v) is 11.5. The molecule has 18 heavy (non-hydrogen) atoms. The maximum Gasteiger partial charge on any atom is 0.222 e. The Balaban J connectivity index is 1.75. The van der Waals surface area contributed by atoms with E-state index in [0.717, 1.165) is 32.5 Å². The van der Waals surface area contributed by atoms with Crippen LogP contribution < -0.4 is 5.32 Å². The number of hydrogen-bond donors (Lipinski definition) is 1. The standard InChI is InChI=1S/C14H26N2O2/c1-2-13-11-18-9-8-16(13)14(17)6-5-12-4-3-7-15-10-12/h12-13,15H,2-11H2,1H3. The molecule has 1 N–H and O–H groups in total. The number of piperidine rings is 1. The Morgan fingerprint density at radius 1 is 1.50 bits per heavy atom. The number of hydrogen-bond acceptors (Lipinski definition) is 3. The largest absolute Gasteiger partial charge is 0.377 e. The summed E-state index contributed by atoms with van der Waals surface area (Å²) in [6.07, 6.45) is 5.29. The number of ether oxygens (including phenoxy) is 1. The van der Waals surface area contributed by atoms with Crippen molar-refractivity contribution >= 4 is 5.91 Å². The van der Waals surface area contributed by atoms with E-state index in [-0.39, 0.29) is 0 Å². The van der Waals surface area contributed by atoms with Gasteiger partial charge in [-0.3, -0.25) is 4.79 Å². The van der Waals surface area contributed by atoms with Crippen LogP contribution in [0.3, 0.4) is 0 Å². The highest BCUT2D eigenvalue weighted by Gasteiger charge is 2.26. The monoisotopic (exact) mass is 254 g/mol. The lowest BCUT2D eigenvalue weighted by Gasteiger charge is -2.35. The summed E-state index contributed by atoms with van der Waals surface area (Å²) in [6.45, 7) is 6.56. The minimum absolute atomic E-state index is 0.302. The van der Waals surface area contributed by atoms with Crippen molar-refractivity contribution in [2.75, 3.05) is 32.8 Å². The molecule has 0 aromatic heterocycles. The smallest absolute Gasteiger partial charge is 0.222 e. The van der Waals surface area contributed by atoms with Gasteiger partial charge in [-0.05, 0) is 44.7 Å². The number of morpholine rings is 1. The molecule has 1 amide bonds. The molecule has 0 radical (unpaired) electrons. The van der Waals surface area contributed by atoms with Crippen molar-refractivity contribution in [2.24, 2.45) is 5.92 Å². The highest BCUT2D eigenvalue weighted by atomic mass is 16.5. The van der Waals surface area contributed by atoms with Gasteiger partial charge in [0, 0.05) is 13.0 Å². The van der Waals surface area contributed by atoms with Crippen molar-refractivity contribution in [1.82, 2.24) is 10.2 Å². The molecule has 4 nitrogen and oxygen atoms in total. The molecule has 2 aliphatic heterocycles. The average molecular weight is 254 g/mol. The fourth-order valence-corrected chi connectivity index (χ4v) is 2.96. The van der Waals surface area contributed by atoms with E-state index in [1.165, 1.54) is 12.8 Å². The summed E-state index contributed by atoms with van der Waals surface area (Å²) < 4.78 is 5.44. The fraction of sp³-hybridized carbons (Fsp3) is 0.929. The van der Waals surface area contributed by atoms with Gasteiger partial charge >= 0.3 is 0 Å². The molecule has 4 heteroatoms. The van der Waals surface area contributed by atoms with Gasteiger partial charge in [0.1, 0.15) is 0 Å². The van der Waals surface area contributed by atoms with Crippen molar-refractivity contribution < 1.29 is 9.53 Å². The third-order valence-electron chi connectivity index (χ3n) is 4.18. The molecule has 0 saturated carbocycles. The Morgan fingerprint density at radius 2 is 2.39 bits per heavy atom. The number of amides is 1. The van der Waals surface area contributed by atoms with E-state index in [1.807, 2.05) is 4.90 Å². The summed E-state index contributed by atoms with van der Waals surface area (Å²) in [5.41, 5.74) is 0. The lowest BCUT2D eigenvalue weighted by molar-refractivity contribution is -0.140. The first kappa shape index (κ1) is 13.8. The number of carbonyl (C=O) groups excluding carboxylic acids is 1. The zero-order chi connectivity index (χ0) is 12.8. The van der Waals surface area contributed by atoms with Crippen LogP contribution in [0.25, 0.3) is 0 Å². The molecule has 2 heterocycles. The van der Waals surface area contributed by atoms with Gasteiger partial charge in [0.05, 0.1) is 19.3 Å². The molecule has 0 aromatic rings. The van der Waals surface area contributed by atoms with Crippen molar-refractivity contribution in [3.8, 4) is 0 Å². The van der Waals surface area contributed by atoms with Crippen LogP contribution in [0.4, 0.5) is 0 Å². The van der Waals surface area contributed by atoms with Crippen LogP contribution in [0, 0.1) is 5.92 Å². The van der Waals surface area contributed by atoms with Gasteiger partial charge in [0.25, 0.3) is 0 Å². The summed E-state index contributed by atoms with van der Waals surface area (Å²) in [6, 6.07) is 0.302. The SMILES string of the molecule is CCC1COCCN1C(=O)CCC1CCCNC1. The molecule has 2 unspecified atom stereocenters. The van der Waals surface area contributed by atoms with E-state index >= 15 is 0 Å². The Labute approximate surface area is 110 Å². The first-order chi connectivity index (χ1) is 8.81. The van der Waals surface area contributed by atoms with Crippen LogP contribution in [-0.2, 0) is 9.53 Å². The van der Waals surface area contributed by atoms with Crippen molar-refractivity contribution in [3.05, 3.63) is 0 Å². The van der Waals surface area contributed by atoms with E-state index in [2.05, 4.69) is 12.2 Å². The Hall–Kier alpha value is -0.610. The highest BCUT2D eigenvalue weighted by Crippen LogP contribution is 2.18. The quantitative estimate of drug-likeness (QED) is 0.824. The first-order valence-corrected chi connectivity index (χ1v) is 7.39. The lowest BCUT2D eigenvalue weighted by Crippen LogP contribution is -2.48. The predicted molar refractivity (Wildman–Crippen MR) is 71.4 cm³/mol. The van der Waals surface area contributed by atoms with E-state index < -0.39 is 0 Å². The highest BCUT2D eigenvalue weighted by molar-refractivity contribution is 5.76.